The fourth-order valence-corrected chi connectivity index (χ4v) is 2.27. The van der Waals surface area contributed by atoms with Crippen molar-refractivity contribution in [2.75, 3.05) is 5.73 Å². The summed E-state index contributed by atoms with van der Waals surface area (Å²) in [5, 5.41) is 8.94. The van der Waals surface area contributed by atoms with Gasteiger partial charge in [0.25, 0.3) is 0 Å². The minimum Gasteiger partial charge on any atom is -0.396 e. The zero-order chi connectivity index (χ0) is 12.0. The number of anilines is 1. The maximum Gasteiger partial charge on any atom is 0.164 e. The number of benzene rings is 1. The second kappa shape index (κ2) is 3.89. The summed E-state index contributed by atoms with van der Waals surface area (Å²) in [6.07, 6.45) is 4.08. The third-order valence-corrected chi connectivity index (χ3v) is 3.48. The Kier molecular flexibility index (Phi) is 2.49. The molecule has 0 bridgehead atoms. The molecule has 2 N–H and O–H groups in total. The highest BCUT2D eigenvalue weighted by Gasteiger charge is 2.26. The smallest absolute Gasteiger partial charge is 0.164 e. The van der Waals surface area contributed by atoms with Gasteiger partial charge in [-0.05, 0) is 25.0 Å². The van der Waals surface area contributed by atoms with Crippen molar-refractivity contribution in [3.05, 3.63) is 28.5 Å². The van der Waals surface area contributed by atoms with Crippen molar-refractivity contribution in [2.24, 2.45) is 0 Å². The van der Waals surface area contributed by atoms with E-state index in [2.05, 4.69) is 14.8 Å². The maximum atomic E-state index is 6.02. The molecule has 1 fully saturated rings. The molecule has 1 heterocycles. The van der Waals surface area contributed by atoms with Gasteiger partial charge in [0.05, 0.1) is 15.7 Å². The van der Waals surface area contributed by atoms with Crippen LogP contribution in [0.4, 0.5) is 5.69 Å². The Labute approximate surface area is 108 Å². The quantitative estimate of drug-likeness (QED) is 0.852. The molecule has 1 aliphatic rings. The molecule has 0 radical (unpaired) electrons. The highest BCUT2D eigenvalue weighted by molar-refractivity contribution is 6.39. The van der Waals surface area contributed by atoms with Crippen LogP contribution in [0.25, 0.3) is 11.4 Å². The summed E-state index contributed by atoms with van der Waals surface area (Å²) in [6.45, 7) is 0. The average Bonchev–Trinajstić information content (AvgIpc) is 3.03. The predicted octanol–water partition coefficient (Wildman–Crippen LogP) is 3.17. The third kappa shape index (κ3) is 1.87. The first-order valence-corrected chi connectivity index (χ1v) is 6.07. The molecule has 1 aromatic heterocycles. The molecule has 4 nitrogen and oxygen atoms in total. The number of halogens is 2. The zero-order valence-electron chi connectivity index (χ0n) is 8.90. The van der Waals surface area contributed by atoms with Crippen molar-refractivity contribution in [1.82, 2.24) is 14.8 Å². The van der Waals surface area contributed by atoms with Crippen LogP contribution in [0.3, 0.4) is 0 Å². The Hall–Kier alpha value is -1.26. The van der Waals surface area contributed by atoms with Crippen LogP contribution in [0.2, 0.25) is 10.0 Å². The van der Waals surface area contributed by atoms with Gasteiger partial charge in [-0.1, -0.05) is 23.2 Å². The molecule has 88 valence electrons. The lowest BCUT2D eigenvalue weighted by molar-refractivity contribution is 0.746. The van der Waals surface area contributed by atoms with Crippen molar-refractivity contribution < 1.29 is 0 Å². The van der Waals surface area contributed by atoms with Crippen LogP contribution in [0.1, 0.15) is 18.9 Å². The lowest BCUT2D eigenvalue weighted by atomic mass is 10.2. The molecule has 17 heavy (non-hydrogen) atoms. The molecular weight excluding hydrogens is 259 g/mol. The van der Waals surface area contributed by atoms with E-state index in [0.717, 1.165) is 11.4 Å². The van der Waals surface area contributed by atoms with Gasteiger partial charge in [-0.2, -0.15) is 0 Å². The second-order valence-electron chi connectivity index (χ2n) is 4.15. The Bertz CT molecular complexity index is 552. The van der Waals surface area contributed by atoms with Gasteiger partial charge >= 0.3 is 0 Å². The standard InChI is InChI=1S/C11H10Cl2N4/c12-8-3-6(4-9(13)10(8)14)11-16-15-5-17(11)7-1-2-7/h3-5,7H,1-2,14H2. The van der Waals surface area contributed by atoms with E-state index in [1.807, 2.05) is 0 Å². The summed E-state index contributed by atoms with van der Waals surface area (Å²) >= 11 is 12.0. The molecule has 0 aliphatic heterocycles. The van der Waals surface area contributed by atoms with Crippen LogP contribution in [-0.4, -0.2) is 14.8 Å². The summed E-state index contributed by atoms with van der Waals surface area (Å²) < 4.78 is 2.05. The average molecular weight is 269 g/mol. The van der Waals surface area contributed by atoms with E-state index in [1.165, 1.54) is 12.8 Å². The first-order valence-electron chi connectivity index (χ1n) is 5.31. The van der Waals surface area contributed by atoms with Crippen molar-refractivity contribution in [2.45, 2.75) is 18.9 Å². The lowest BCUT2D eigenvalue weighted by Crippen LogP contribution is -1.97. The fourth-order valence-electron chi connectivity index (χ4n) is 1.78. The largest absolute Gasteiger partial charge is 0.396 e. The molecule has 0 amide bonds. The molecular formula is C11H10Cl2N4. The van der Waals surface area contributed by atoms with Gasteiger partial charge in [-0.15, -0.1) is 10.2 Å². The van der Waals surface area contributed by atoms with Gasteiger partial charge in [0.15, 0.2) is 5.82 Å². The summed E-state index contributed by atoms with van der Waals surface area (Å²) in [6, 6.07) is 4.05. The molecule has 0 atom stereocenters. The van der Waals surface area contributed by atoms with Gasteiger partial charge < -0.3 is 10.3 Å². The Morgan fingerprint density at radius 2 is 1.88 bits per heavy atom. The van der Waals surface area contributed by atoms with Crippen LogP contribution in [0, 0.1) is 0 Å². The van der Waals surface area contributed by atoms with Crippen LogP contribution >= 0.6 is 23.2 Å². The van der Waals surface area contributed by atoms with Crippen LogP contribution in [0.15, 0.2) is 18.5 Å². The molecule has 1 aromatic carbocycles. The molecule has 2 aromatic rings. The summed E-state index contributed by atoms with van der Waals surface area (Å²) in [4.78, 5) is 0. The van der Waals surface area contributed by atoms with E-state index in [-0.39, 0.29) is 0 Å². The van der Waals surface area contributed by atoms with Gasteiger partial charge in [0.1, 0.15) is 6.33 Å². The highest BCUT2D eigenvalue weighted by Crippen LogP contribution is 2.39. The number of aromatic nitrogens is 3. The van der Waals surface area contributed by atoms with Gasteiger partial charge in [-0.25, -0.2) is 0 Å². The number of hydrogen-bond donors (Lipinski definition) is 1. The number of nitrogens with two attached hydrogens (primary N) is 1. The SMILES string of the molecule is Nc1c(Cl)cc(-c2nncn2C2CC2)cc1Cl. The molecule has 0 saturated heterocycles. The minimum absolute atomic E-state index is 0.398. The van der Waals surface area contributed by atoms with Crippen molar-refractivity contribution in [3.63, 3.8) is 0 Å². The summed E-state index contributed by atoms with van der Waals surface area (Å²) in [7, 11) is 0. The molecule has 1 saturated carbocycles. The van der Waals surface area contributed by atoms with Gasteiger partial charge in [-0.3, -0.25) is 0 Å². The van der Waals surface area contributed by atoms with E-state index in [1.54, 1.807) is 18.5 Å². The van der Waals surface area contributed by atoms with Gasteiger partial charge in [0, 0.05) is 11.6 Å². The van der Waals surface area contributed by atoms with Crippen molar-refractivity contribution >= 4 is 28.9 Å². The second-order valence-corrected chi connectivity index (χ2v) is 4.96. The number of rotatable bonds is 2. The predicted molar refractivity (Wildman–Crippen MR) is 68.2 cm³/mol. The van der Waals surface area contributed by atoms with Gasteiger partial charge in [0.2, 0.25) is 0 Å². The number of nitrogen functional groups attached to an aromatic ring is 1. The first kappa shape index (κ1) is 10.9. The normalized spacial score (nSPS) is 15.2. The van der Waals surface area contributed by atoms with Crippen LogP contribution < -0.4 is 5.73 Å². The van der Waals surface area contributed by atoms with E-state index < -0.39 is 0 Å². The molecule has 3 rings (SSSR count). The molecule has 6 heteroatoms. The van der Waals surface area contributed by atoms with E-state index in [0.29, 0.717) is 21.8 Å². The monoisotopic (exact) mass is 268 g/mol. The van der Waals surface area contributed by atoms with Crippen LogP contribution in [0.5, 0.6) is 0 Å². The fraction of sp³-hybridized carbons (Fsp3) is 0.273. The zero-order valence-corrected chi connectivity index (χ0v) is 10.4. The molecule has 0 spiro atoms. The van der Waals surface area contributed by atoms with Crippen LogP contribution in [-0.2, 0) is 0 Å². The van der Waals surface area contributed by atoms with Crippen molar-refractivity contribution in [1.29, 1.82) is 0 Å². The topological polar surface area (TPSA) is 56.7 Å². The number of nitrogens with zero attached hydrogens (tertiary/aromatic N) is 3. The maximum absolute atomic E-state index is 6.02. The van der Waals surface area contributed by atoms with E-state index in [9.17, 15) is 0 Å². The highest BCUT2D eigenvalue weighted by atomic mass is 35.5. The Balaban J connectivity index is 2.11. The third-order valence-electron chi connectivity index (χ3n) is 2.85. The van der Waals surface area contributed by atoms with E-state index >= 15 is 0 Å². The minimum atomic E-state index is 0.398. The summed E-state index contributed by atoms with van der Waals surface area (Å²) in [5.41, 5.74) is 6.95. The van der Waals surface area contributed by atoms with E-state index in [4.69, 9.17) is 28.9 Å². The first-order chi connectivity index (χ1) is 8.16. The number of hydrogen-bond acceptors (Lipinski definition) is 3. The molecule has 0 unspecified atom stereocenters. The Morgan fingerprint density at radius 1 is 1.24 bits per heavy atom. The Morgan fingerprint density at radius 3 is 2.47 bits per heavy atom. The summed E-state index contributed by atoms with van der Waals surface area (Å²) in [5.74, 6) is 0.788. The molecule has 1 aliphatic carbocycles. The lowest BCUT2D eigenvalue weighted by Gasteiger charge is -2.07. The van der Waals surface area contributed by atoms with Crippen molar-refractivity contribution in [3.8, 4) is 11.4 Å².